The number of hydrogen-bond acceptors (Lipinski definition) is 4. The van der Waals surface area contributed by atoms with Gasteiger partial charge in [-0.05, 0) is 42.8 Å². The number of nitrogens with one attached hydrogen (secondary N) is 2. The van der Waals surface area contributed by atoms with E-state index in [1.165, 1.54) is 0 Å². The van der Waals surface area contributed by atoms with Gasteiger partial charge in [-0.1, -0.05) is 17.7 Å². The minimum atomic E-state index is -0.212. The molecular formula is C17H20ClN3O2. The van der Waals surface area contributed by atoms with E-state index >= 15 is 0 Å². The Labute approximate surface area is 140 Å². The average Bonchev–Trinajstić information content (AvgIpc) is 2.53. The second kappa shape index (κ2) is 7.85. The van der Waals surface area contributed by atoms with Gasteiger partial charge in [-0.25, -0.2) is 0 Å². The number of rotatable bonds is 6. The molecule has 6 heteroatoms. The maximum atomic E-state index is 12.3. The summed E-state index contributed by atoms with van der Waals surface area (Å²) in [5, 5.41) is 6.71. The van der Waals surface area contributed by atoms with Crippen molar-refractivity contribution in [2.45, 2.75) is 6.92 Å². The summed E-state index contributed by atoms with van der Waals surface area (Å²) in [5.74, 6) is -0.212. The molecule has 0 heterocycles. The molecule has 0 radical (unpaired) electrons. The second-order valence-electron chi connectivity index (χ2n) is 5.09. The summed E-state index contributed by atoms with van der Waals surface area (Å²) in [5.41, 5.74) is 9.23. The first-order chi connectivity index (χ1) is 11.0. The Morgan fingerprint density at radius 2 is 2.04 bits per heavy atom. The van der Waals surface area contributed by atoms with Gasteiger partial charge in [-0.3, -0.25) is 4.79 Å². The standard InChI is InChI=1S/C17H20ClN3O2/c1-11-14(18)4-3-5-15(11)21-16-7-6-12(19)10-13(16)17(22)20-8-9-23-2/h3-7,10,21H,8-9,19H2,1-2H3,(H,20,22). The second-order valence-corrected chi connectivity index (χ2v) is 5.50. The monoisotopic (exact) mass is 333 g/mol. The van der Waals surface area contributed by atoms with Crippen LogP contribution in [0.15, 0.2) is 36.4 Å². The maximum absolute atomic E-state index is 12.3. The van der Waals surface area contributed by atoms with Crippen LogP contribution in [-0.4, -0.2) is 26.2 Å². The highest BCUT2D eigenvalue weighted by Gasteiger charge is 2.13. The topological polar surface area (TPSA) is 76.4 Å². The first-order valence-electron chi connectivity index (χ1n) is 7.21. The number of hydrogen-bond donors (Lipinski definition) is 3. The lowest BCUT2D eigenvalue weighted by Gasteiger charge is -2.15. The van der Waals surface area contributed by atoms with E-state index in [0.717, 1.165) is 11.3 Å². The van der Waals surface area contributed by atoms with Gasteiger partial charge in [0.2, 0.25) is 0 Å². The molecule has 0 saturated heterocycles. The number of carbonyl (C=O) groups excluding carboxylic acids is 1. The molecule has 0 saturated carbocycles. The molecule has 0 aromatic heterocycles. The number of halogens is 1. The fourth-order valence-electron chi connectivity index (χ4n) is 2.11. The van der Waals surface area contributed by atoms with Crippen LogP contribution in [-0.2, 0) is 4.74 Å². The summed E-state index contributed by atoms with van der Waals surface area (Å²) in [6.45, 7) is 2.80. The zero-order valence-electron chi connectivity index (χ0n) is 13.2. The molecule has 0 spiro atoms. The molecule has 0 aliphatic heterocycles. The average molecular weight is 334 g/mol. The van der Waals surface area contributed by atoms with Crippen molar-refractivity contribution in [3.8, 4) is 0 Å². The summed E-state index contributed by atoms with van der Waals surface area (Å²) >= 11 is 6.14. The molecule has 0 bridgehead atoms. The Bertz CT molecular complexity index is 704. The van der Waals surface area contributed by atoms with Gasteiger partial charge in [0.25, 0.3) is 5.91 Å². The zero-order chi connectivity index (χ0) is 16.8. The van der Waals surface area contributed by atoms with Crippen LogP contribution < -0.4 is 16.4 Å². The van der Waals surface area contributed by atoms with Crippen LogP contribution in [0.3, 0.4) is 0 Å². The Kier molecular flexibility index (Phi) is 5.84. The van der Waals surface area contributed by atoms with Crippen LogP contribution >= 0.6 is 11.6 Å². The van der Waals surface area contributed by atoms with Crippen molar-refractivity contribution in [2.75, 3.05) is 31.3 Å². The van der Waals surface area contributed by atoms with Crippen LogP contribution in [0.5, 0.6) is 0 Å². The lowest BCUT2D eigenvalue weighted by Crippen LogP contribution is -2.27. The van der Waals surface area contributed by atoms with Gasteiger partial charge in [0.15, 0.2) is 0 Å². The molecule has 0 atom stereocenters. The molecule has 2 aromatic carbocycles. The van der Waals surface area contributed by atoms with Crippen LogP contribution in [0.4, 0.5) is 17.1 Å². The molecule has 122 valence electrons. The van der Waals surface area contributed by atoms with Crippen molar-refractivity contribution >= 4 is 34.6 Å². The molecular weight excluding hydrogens is 314 g/mol. The summed E-state index contributed by atoms with van der Waals surface area (Å²) in [4.78, 5) is 12.3. The smallest absolute Gasteiger partial charge is 0.253 e. The van der Waals surface area contributed by atoms with E-state index in [9.17, 15) is 4.79 Å². The minimum absolute atomic E-state index is 0.212. The van der Waals surface area contributed by atoms with E-state index in [4.69, 9.17) is 22.1 Å². The fraction of sp³-hybridized carbons (Fsp3) is 0.235. The van der Waals surface area contributed by atoms with Crippen molar-refractivity contribution < 1.29 is 9.53 Å². The van der Waals surface area contributed by atoms with Crippen LogP contribution in [0.25, 0.3) is 0 Å². The Morgan fingerprint density at radius 1 is 1.26 bits per heavy atom. The van der Waals surface area contributed by atoms with Gasteiger partial charge in [-0.15, -0.1) is 0 Å². The molecule has 4 N–H and O–H groups in total. The van der Waals surface area contributed by atoms with Crippen molar-refractivity contribution in [3.05, 3.63) is 52.5 Å². The van der Waals surface area contributed by atoms with Crippen molar-refractivity contribution in [2.24, 2.45) is 0 Å². The number of methoxy groups -OCH3 is 1. The third kappa shape index (κ3) is 4.37. The summed E-state index contributed by atoms with van der Waals surface area (Å²) in [6, 6.07) is 10.8. The van der Waals surface area contributed by atoms with Gasteiger partial charge in [0.05, 0.1) is 17.9 Å². The van der Waals surface area contributed by atoms with Gasteiger partial charge in [-0.2, -0.15) is 0 Å². The van der Waals surface area contributed by atoms with Gasteiger partial charge in [0.1, 0.15) is 0 Å². The highest BCUT2D eigenvalue weighted by molar-refractivity contribution is 6.31. The number of carbonyl (C=O) groups is 1. The van der Waals surface area contributed by atoms with Gasteiger partial charge in [0, 0.05) is 30.1 Å². The minimum Gasteiger partial charge on any atom is -0.399 e. The van der Waals surface area contributed by atoms with Crippen molar-refractivity contribution in [1.29, 1.82) is 0 Å². The Hall–Kier alpha value is -2.24. The molecule has 2 aromatic rings. The molecule has 5 nitrogen and oxygen atoms in total. The molecule has 0 aliphatic rings. The number of nitrogens with two attached hydrogens (primary N) is 1. The third-order valence-corrected chi connectivity index (χ3v) is 3.83. The molecule has 2 rings (SSSR count). The summed E-state index contributed by atoms with van der Waals surface area (Å²) in [7, 11) is 1.58. The van der Waals surface area contributed by atoms with E-state index in [1.807, 2.05) is 25.1 Å². The first-order valence-corrected chi connectivity index (χ1v) is 7.59. The number of amides is 1. The summed E-state index contributed by atoms with van der Waals surface area (Å²) < 4.78 is 4.94. The van der Waals surface area contributed by atoms with Crippen LogP contribution in [0, 0.1) is 6.92 Å². The van der Waals surface area contributed by atoms with Crippen molar-refractivity contribution in [3.63, 3.8) is 0 Å². The van der Waals surface area contributed by atoms with E-state index < -0.39 is 0 Å². The predicted molar refractivity (Wildman–Crippen MR) is 94.5 cm³/mol. The van der Waals surface area contributed by atoms with E-state index in [2.05, 4.69) is 10.6 Å². The SMILES string of the molecule is COCCNC(=O)c1cc(N)ccc1Nc1cccc(Cl)c1C. The third-order valence-electron chi connectivity index (χ3n) is 3.42. The summed E-state index contributed by atoms with van der Waals surface area (Å²) in [6.07, 6.45) is 0. The zero-order valence-corrected chi connectivity index (χ0v) is 13.9. The number of benzene rings is 2. The van der Waals surface area contributed by atoms with Crippen molar-refractivity contribution in [1.82, 2.24) is 5.32 Å². The lowest BCUT2D eigenvalue weighted by atomic mass is 10.1. The normalized spacial score (nSPS) is 10.4. The Balaban J connectivity index is 2.28. The van der Waals surface area contributed by atoms with Gasteiger partial charge < -0.3 is 21.1 Å². The number of nitrogen functional groups attached to an aromatic ring is 1. The number of ether oxygens (including phenoxy) is 1. The highest BCUT2D eigenvalue weighted by atomic mass is 35.5. The maximum Gasteiger partial charge on any atom is 0.253 e. The molecule has 0 unspecified atom stereocenters. The van der Waals surface area contributed by atoms with Gasteiger partial charge >= 0.3 is 0 Å². The Morgan fingerprint density at radius 3 is 2.78 bits per heavy atom. The van der Waals surface area contributed by atoms with Crippen LogP contribution in [0.2, 0.25) is 5.02 Å². The lowest BCUT2D eigenvalue weighted by molar-refractivity contribution is 0.0938. The fourth-order valence-corrected chi connectivity index (χ4v) is 2.28. The molecule has 0 aliphatic carbocycles. The predicted octanol–water partition coefficient (Wildman–Crippen LogP) is 3.35. The van der Waals surface area contributed by atoms with Crippen LogP contribution in [0.1, 0.15) is 15.9 Å². The quantitative estimate of drug-likeness (QED) is 0.559. The van der Waals surface area contributed by atoms with E-state index in [0.29, 0.717) is 35.1 Å². The van der Waals surface area contributed by atoms with E-state index in [-0.39, 0.29) is 5.91 Å². The molecule has 1 amide bonds. The molecule has 23 heavy (non-hydrogen) atoms. The first kappa shape index (κ1) is 17.1. The number of anilines is 3. The van der Waals surface area contributed by atoms with E-state index in [1.54, 1.807) is 25.3 Å². The highest BCUT2D eigenvalue weighted by Crippen LogP contribution is 2.28. The largest absolute Gasteiger partial charge is 0.399 e. The molecule has 0 fully saturated rings.